The Bertz CT molecular complexity index is 263. The van der Waals surface area contributed by atoms with Crippen LogP contribution in [0.3, 0.4) is 0 Å². The zero-order valence-electron chi connectivity index (χ0n) is 6.73. The third-order valence-electron chi connectivity index (χ3n) is 1.41. The van der Waals surface area contributed by atoms with Gasteiger partial charge < -0.3 is 0 Å². The molecular weight excluding hydrogens is 306 g/mol. The van der Waals surface area contributed by atoms with Crippen molar-refractivity contribution in [3.05, 3.63) is 21.5 Å². The molecule has 0 saturated carbocycles. The van der Waals surface area contributed by atoms with Crippen LogP contribution in [0.4, 0.5) is 4.39 Å². The van der Waals surface area contributed by atoms with Crippen LogP contribution in [0, 0.1) is 9.39 Å². The van der Waals surface area contributed by atoms with Crippen LogP contribution in [0.25, 0.3) is 0 Å². The fraction of sp³-hybridized carbons (Fsp3) is 0.250. The van der Waals surface area contributed by atoms with E-state index in [1.54, 1.807) is 0 Å². The van der Waals surface area contributed by atoms with Crippen LogP contribution in [0.15, 0.2) is 21.9 Å². The molecule has 0 N–H and O–H groups in total. The average molecular weight is 314 g/mol. The molecule has 0 heterocycles. The van der Waals surface area contributed by atoms with Crippen molar-refractivity contribution in [2.75, 3.05) is 12.5 Å². The number of thioether (sulfide) groups is 2. The summed E-state index contributed by atoms with van der Waals surface area (Å²) in [4.78, 5) is 1.46. The van der Waals surface area contributed by atoms with E-state index in [4.69, 9.17) is 0 Å². The van der Waals surface area contributed by atoms with Crippen molar-refractivity contribution in [2.45, 2.75) is 9.79 Å². The smallest absolute Gasteiger partial charge is 0.150 e. The molecule has 0 aliphatic heterocycles. The van der Waals surface area contributed by atoms with Crippen molar-refractivity contribution in [1.29, 1.82) is 0 Å². The Morgan fingerprint density at radius 1 is 1.17 bits per heavy atom. The molecule has 0 aliphatic rings. The minimum absolute atomic E-state index is 0.0876. The average Bonchev–Trinajstić information content (AvgIpc) is 2.08. The molecule has 0 unspecified atom stereocenters. The van der Waals surface area contributed by atoms with Gasteiger partial charge in [-0.2, -0.15) is 0 Å². The predicted molar refractivity (Wildman–Crippen MR) is 62.7 cm³/mol. The first-order chi connectivity index (χ1) is 5.69. The SMILES string of the molecule is CSc1cc(I)cc(SC)c1F. The van der Waals surface area contributed by atoms with Gasteiger partial charge in [0.2, 0.25) is 0 Å². The van der Waals surface area contributed by atoms with Gasteiger partial charge in [0.15, 0.2) is 0 Å². The number of hydrogen-bond donors (Lipinski definition) is 0. The number of hydrogen-bond acceptors (Lipinski definition) is 2. The standard InChI is InChI=1S/C8H8FIS2/c1-11-6-3-5(10)4-7(12-2)8(6)9/h3-4H,1-2H3. The first kappa shape index (κ1) is 10.7. The molecule has 0 nitrogen and oxygen atoms in total. The molecule has 0 saturated heterocycles. The molecule has 4 heteroatoms. The van der Waals surface area contributed by atoms with Crippen LogP contribution < -0.4 is 0 Å². The van der Waals surface area contributed by atoms with Crippen LogP contribution in [-0.4, -0.2) is 12.5 Å². The van der Waals surface area contributed by atoms with Crippen molar-refractivity contribution in [3.63, 3.8) is 0 Å². The van der Waals surface area contributed by atoms with E-state index in [1.165, 1.54) is 23.5 Å². The molecule has 12 heavy (non-hydrogen) atoms. The van der Waals surface area contributed by atoms with Gasteiger partial charge in [-0.3, -0.25) is 0 Å². The molecular formula is C8H8FIS2. The molecule has 0 atom stereocenters. The third-order valence-corrected chi connectivity index (χ3v) is 3.51. The van der Waals surface area contributed by atoms with Crippen molar-refractivity contribution in [2.24, 2.45) is 0 Å². The monoisotopic (exact) mass is 314 g/mol. The number of rotatable bonds is 2. The Balaban J connectivity index is 3.22. The van der Waals surface area contributed by atoms with Crippen LogP contribution >= 0.6 is 46.1 Å². The summed E-state index contributed by atoms with van der Waals surface area (Å²) in [6.07, 6.45) is 3.78. The van der Waals surface area contributed by atoms with E-state index in [2.05, 4.69) is 22.6 Å². The van der Waals surface area contributed by atoms with E-state index in [0.717, 1.165) is 13.4 Å². The second kappa shape index (κ2) is 4.72. The summed E-state index contributed by atoms with van der Waals surface area (Å²) in [6.45, 7) is 0. The van der Waals surface area contributed by atoms with Gasteiger partial charge >= 0.3 is 0 Å². The largest absolute Gasteiger partial charge is 0.205 e. The lowest BCUT2D eigenvalue weighted by Crippen LogP contribution is -1.86. The normalized spacial score (nSPS) is 10.3. The highest BCUT2D eigenvalue weighted by atomic mass is 127. The van der Waals surface area contributed by atoms with Crippen molar-refractivity contribution in [3.8, 4) is 0 Å². The maximum atomic E-state index is 13.4. The van der Waals surface area contributed by atoms with E-state index >= 15 is 0 Å². The molecule has 1 aromatic rings. The first-order valence-electron chi connectivity index (χ1n) is 3.26. The second-order valence-corrected chi connectivity index (χ2v) is 5.07. The van der Waals surface area contributed by atoms with E-state index in [0.29, 0.717) is 0 Å². The molecule has 0 spiro atoms. The van der Waals surface area contributed by atoms with Crippen LogP contribution in [-0.2, 0) is 0 Å². The highest BCUT2D eigenvalue weighted by Gasteiger charge is 2.07. The number of halogens is 2. The second-order valence-electron chi connectivity index (χ2n) is 2.12. The molecule has 0 bridgehead atoms. The van der Waals surface area contributed by atoms with Gasteiger partial charge in [0, 0.05) is 13.4 Å². The third kappa shape index (κ3) is 2.29. The molecule has 0 aliphatic carbocycles. The first-order valence-corrected chi connectivity index (χ1v) is 6.79. The topological polar surface area (TPSA) is 0 Å². The van der Waals surface area contributed by atoms with Gasteiger partial charge in [0.05, 0.1) is 0 Å². The van der Waals surface area contributed by atoms with Gasteiger partial charge in [-0.25, -0.2) is 4.39 Å². The lowest BCUT2D eigenvalue weighted by atomic mass is 10.3. The molecule has 0 radical (unpaired) electrons. The van der Waals surface area contributed by atoms with E-state index < -0.39 is 0 Å². The fourth-order valence-electron chi connectivity index (χ4n) is 0.837. The minimum atomic E-state index is -0.0876. The van der Waals surface area contributed by atoms with Crippen LogP contribution in [0.1, 0.15) is 0 Å². The minimum Gasteiger partial charge on any atom is -0.205 e. The maximum absolute atomic E-state index is 13.4. The summed E-state index contributed by atoms with van der Waals surface area (Å²) >= 11 is 5.09. The quantitative estimate of drug-likeness (QED) is 0.600. The Morgan fingerprint density at radius 2 is 1.58 bits per heavy atom. The predicted octanol–water partition coefficient (Wildman–Crippen LogP) is 3.87. The lowest BCUT2D eigenvalue weighted by molar-refractivity contribution is 0.575. The Morgan fingerprint density at radius 3 is 1.92 bits per heavy atom. The molecule has 0 amide bonds. The van der Waals surface area contributed by atoms with Gasteiger partial charge in [-0.05, 0) is 47.2 Å². The summed E-state index contributed by atoms with van der Waals surface area (Å²) in [5.74, 6) is -0.0876. The summed E-state index contributed by atoms with van der Waals surface area (Å²) in [5.41, 5.74) is 0. The van der Waals surface area contributed by atoms with Crippen molar-refractivity contribution >= 4 is 46.1 Å². The van der Waals surface area contributed by atoms with Gasteiger partial charge in [0.25, 0.3) is 0 Å². The van der Waals surface area contributed by atoms with Crippen molar-refractivity contribution < 1.29 is 4.39 Å². The highest BCUT2D eigenvalue weighted by molar-refractivity contribution is 14.1. The van der Waals surface area contributed by atoms with Gasteiger partial charge in [-0.15, -0.1) is 23.5 Å². The van der Waals surface area contributed by atoms with Crippen molar-refractivity contribution in [1.82, 2.24) is 0 Å². The van der Waals surface area contributed by atoms with Gasteiger partial charge in [0.1, 0.15) is 5.82 Å². The van der Waals surface area contributed by atoms with Crippen LogP contribution in [0.5, 0.6) is 0 Å². The summed E-state index contributed by atoms with van der Waals surface area (Å²) in [6, 6.07) is 3.72. The molecule has 66 valence electrons. The van der Waals surface area contributed by atoms with Crippen LogP contribution in [0.2, 0.25) is 0 Å². The van der Waals surface area contributed by atoms with E-state index in [1.807, 2.05) is 24.6 Å². The van der Waals surface area contributed by atoms with Gasteiger partial charge in [-0.1, -0.05) is 0 Å². The van der Waals surface area contributed by atoms with E-state index in [-0.39, 0.29) is 5.82 Å². The Labute approximate surface area is 93.8 Å². The maximum Gasteiger partial charge on any atom is 0.150 e. The zero-order chi connectivity index (χ0) is 9.14. The highest BCUT2D eigenvalue weighted by Crippen LogP contribution is 2.29. The number of benzene rings is 1. The Kier molecular flexibility index (Phi) is 4.19. The molecule has 1 rings (SSSR count). The lowest BCUT2D eigenvalue weighted by Gasteiger charge is -2.04. The zero-order valence-corrected chi connectivity index (χ0v) is 10.5. The molecule has 0 aromatic heterocycles. The fourth-order valence-corrected chi connectivity index (χ4v) is 3.02. The van der Waals surface area contributed by atoms with E-state index in [9.17, 15) is 4.39 Å². The summed E-state index contributed by atoms with van der Waals surface area (Å²) in [5, 5.41) is 0. The molecule has 1 aromatic carbocycles. The Hall–Kier alpha value is 0.580. The molecule has 0 fully saturated rings. The summed E-state index contributed by atoms with van der Waals surface area (Å²) in [7, 11) is 0. The summed E-state index contributed by atoms with van der Waals surface area (Å²) < 4.78 is 14.5.